The molecule has 5 nitrogen and oxygen atoms in total. The lowest BCUT2D eigenvalue weighted by Crippen LogP contribution is -2.32. The van der Waals surface area contributed by atoms with Crippen molar-refractivity contribution in [2.24, 2.45) is 0 Å². The Morgan fingerprint density at radius 1 is 0.943 bits per heavy atom. The number of rotatable bonds is 4. The zero-order valence-corrected chi connectivity index (χ0v) is 19.4. The molecular weight excluding hydrogens is 436 g/mol. The maximum absolute atomic E-state index is 13.2. The number of carbonyl (C=O) groups is 1. The Hall–Kier alpha value is -4.22. The molecule has 0 bridgehead atoms. The number of pyridine rings is 1. The van der Waals surface area contributed by atoms with Gasteiger partial charge in [-0.2, -0.15) is 0 Å². The van der Waals surface area contributed by atoms with E-state index in [4.69, 9.17) is 9.47 Å². The Labute approximate surface area is 204 Å². The largest absolute Gasteiger partial charge is 0.477 e. The molecule has 2 aliphatic heterocycles. The molecule has 6 rings (SSSR count). The van der Waals surface area contributed by atoms with E-state index in [1.165, 1.54) is 5.56 Å². The van der Waals surface area contributed by atoms with E-state index in [2.05, 4.69) is 34.1 Å². The smallest absolute Gasteiger partial charge is 0.231 e. The van der Waals surface area contributed by atoms with E-state index in [0.717, 1.165) is 40.1 Å². The molecule has 4 aromatic rings. The van der Waals surface area contributed by atoms with Crippen LogP contribution >= 0.6 is 0 Å². The summed E-state index contributed by atoms with van der Waals surface area (Å²) in [6.07, 6.45) is 5.40. The second-order valence-electron chi connectivity index (χ2n) is 8.91. The topological polar surface area (TPSA) is 51.7 Å². The number of Topliss-reactive ketones (excluding diaryl/α,β-unsaturated/α-hetero) is 1. The number of nitrogens with zero attached hydrogens (tertiary/aromatic N) is 2. The minimum atomic E-state index is -0.0932. The van der Waals surface area contributed by atoms with Gasteiger partial charge in [-0.05, 0) is 53.5 Å². The molecule has 2 aliphatic rings. The lowest BCUT2D eigenvalue weighted by atomic mass is 9.99. The second kappa shape index (κ2) is 8.85. The molecule has 0 atom stereocenters. The number of allylic oxidation sites excluding steroid dienone is 1. The molecule has 0 amide bonds. The van der Waals surface area contributed by atoms with Gasteiger partial charge in [-0.3, -0.25) is 14.7 Å². The fourth-order valence-electron chi connectivity index (χ4n) is 4.70. The van der Waals surface area contributed by atoms with E-state index in [-0.39, 0.29) is 5.78 Å². The van der Waals surface area contributed by atoms with Gasteiger partial charge in [-0.15, -0.1) is 0 Å². The highest BCUT2D eigenvalue weighted by atomic mass is 16.5. The normalized spacial score (nSPS) is 15.9. The molecule has 0 radical (unpaired) electrons. The van der Waals surface area contributed by atoms with Crippen LogP contribution in [0.25, 0.3) is 17.2 Å². The van der Waals surface area contributed by atoms with Gasteiger partial charge >= 0.3 is 0 Å². The SMILES string of the molecule is Cc1c2c(cc3c1O/C(=C\c1ccc(-c4ccccc4)cc1)C3=O)CN(Cc1ccncc1)CO2. The lowest BCUT2D eigenvalue weighted by Gasteiger charge is -2.30. The Bertz CT molecular complexity index is 1430. The number of hydrogen-bond acceptors (Lipinski definition) is 5. The summed E-state index contributed by atoms with van der Waals surface area (Å²) in [5.41, 5.74) is 6.86. The van der Waals surface area contributed by atoms with Gasteiger partial charge in [-0.25, -0.2) is 0 Å². The summed E-state index contributed by atoms with van der Waals surface area (Å²) in [7, 11) is 0. The molecule has 0 spiro atoms. The number of ketones is 1. The molecule has 35 heavy (non-hydrogen) atoms. The van der Waals surface area contributed by atoms with Crippen molar-refractivity contribution >= 4 is 11.9 Å². The lowest BCUT2D eigenvalue weighted by molar-refractivity contribution is 0.0876. The number of carbonyl (C=O) groups excluding carboxylic acids is 1. The van der Waals surface area contributed by atoms with Crippen molar-refractivity contribution in [1.82, 2.24) is 9.88 Å². The van der Waals surface area contributed by atoms with Gasteiger partial charge in [0.1, 0.15) is 18.2 Å². The van der Waals surface area contributed by atoms with Gasteiger partial charge < -0.3 is 9.47 Å². The van der Waals surface area contributed by atoms with E-state index in [1.54, 1.807) is 12.4 Å². The third-order valence-corrected chi connectivity index (χ3v) is 6.47. The summed E-state index contributed by atoms with van der Waals surface area (Å²) in [6.45, 7) is 3.91. The van der Waals surface area contributed by atoms with Crippen LogP contribution in [0.15, 0.2) is 90.9 Å². The van der Waals surface area contributed by atoms with Crippen LogP contribution in [0.3, 0.4) is 0 Å². The van der Waals surface area contributed by atoms with Gasteiger partial charge in [-0.1, -0.05) is 54.6 Å². The van der Waals surface area contributed by atoms with Crippen LogP contribution in [-0.4, -0.2) is 22.4 Å². The number of ether oxygens (including phenoxy) is 2. The number of fused-ring (bicyclic) bond motifs is 2. The van der Waals surface area contributed by atoms with Gasteiger partial charge in [0, 0.05) is 36.6 Å². The molecule has 0 N–H and O–H groups in total. The highest BCUT2D eigenvalue weighted by Gasteiger charge is 2.33. The minimum absolute atomic E-state index is 0.0932. The third kappa shape index (κ3) is 4.11. The zero-order chi connectivity index (χ0) is 23.8. The Morgan fingerprint density at radius 3 is 2.46 bits per heavy atom. The van der Waals surface area contributed by atoms with Crippen molar-refractivity contribution in [3.63, 3.8) is 0 Å². The third-order valence-electron chi connectivity index (χ3n) is 6.47. The predicted octanol–water partition coefficient (Wildman–Crippen LogP) is 6.03. The number of hydrogen-bond donors (Lipinski definition) is 0. The second-order valence-corrected chi connectivity index (χ2v) is 8.91. The van der Waals surface area contributed by atoms with E-state index < -0.39 is 0 Å². The van der Waals surface area contributed by atoms with Crippen LogP contribution in [0.4, 0.5) is 0 Å². The Morgan fingerprint density at radius 2 is 1.69 bits per heavy atom. The molecular formula is C30H24N2O3. The van der Waals surface area contributed by atoms with Gasteiger partial charge in [0.2, 0.25) is 5.78 Å². The van der Waals surface area contributed by atoms with E-state index in [9.17, 15) is 4.79 Å². The molecule has 0 saturated heterocycles. The van der Waals surface area contributed by atoms with Crippen molar-refractivity contribution in [2.75, 3.05) is 6.73 Å². The fraction of sp³-hybridized carbons (Fsp3) is 0.133. The van der Waals surface area contributed by atoms with Gasteiger partial charge in [0.15, 0.2) is 5.76 Å². The number of benzene rings is 3. The van der Waals surface area contributed by atoms with Crippen LogP contribution in [-0.2, 0) is 13.1 Å². The maximum atomic E-state index is 13.2. The van der Waals surface area contributed by atoms with Gasteiger partial charge in [0.05, 0.1) is 5.56 Å². The molecule has 1 aromatic heterocycles. The average molecular weight is 461 g/mol. The molecule has 3 aromatic carbocycles. The van der Waals surface area contributed by atoms with Crippen molar-refractivity contribution < 1.29 is 14.3 Å². The fourth-order valence-corrected chi connectivity index (χ4v) is 4.70. The van der Waals surface area contributed by atoms with Crippen LogP contribution < -0.4 is 9.47 Å². The Kier molecular flexibility index (Phi) is 5.39. The summed E-state index contributed by atoms with van der Waals surface area (Å²) >= 11 is 0. The van der Waals surface area contributed by atoms with E-state index >= 15 is 0 Å². The van der Waals surface area contributed by atoms with Crippen molar-refractivity contribution in [1.29, 1.82) is 0 Å². The van der Waals surface area contributed by atoms with Crippen molar-refractivity contribution in [3.8, 4) is 22.6 Å². The summed E-state index contributed by atoms with van der Waals surface area (Å²) < 4.78 is 12.2. The molecule has 0 aliphatic carbocycles. The van der Waals surface area contributed by atoms with Crippen LogP contribution in [0.2, 0.25) is 0 Å². The van der Waals surface area contributed by atoms with Crippen LogP contribution in [0, 0.1) is 6.92 Å². The van der Waals surface area contributed by atoms with Gasteiger partial charge in [0.25, 0.3) is 0 Å². The Balaban J connectivity index is 1.24. The first kappa shape index (κ1) is 21.3. The quantitative estimate of drug-likeness (QED) is 0.348. The molecule has 172 valence electrons. The molecule has 0 unspecified atom stereocenters. The first-order valence-corrected chi connectivity index (χ1v) is 11.7. The molecule has 5 heteroatoms. The molecule has 0 fully saturated rings. The summed E-state index contributed by atoms with van der Waals surface area (Å²) in [6, 6.07) is 24.3. The van der Waals surface area contributed by atoms with Crippen molar-refractivity contribution in [3.05, 3.63) is 119 Å². The molecule has 0 saturated carbocycles. The standard InChI is InChI=1S/C30H24N2O3/c1-20-29-25(18-32(19-34-29)17-22-11-13-31-14-12-22)16-26-28(33)27(35-30(20)26)15-21-7-9-24(10-8-21)23-5-3-2-4-6-23/h2-16H,17-19H2,1H3/b27-15-. The predicted molar refractivity (Wildman–Crippen MR) is 135 cm³/mol. The monoisotopic (exact) mass is 460 g/mol. The first-order chi connectivity index (χ1) is 17.2. The first-order valence-electron chi connectivity index (χ1n) is 11.7. The number of aromatic nitrogens is 1. The zero-order valence-electron chi connectivity index (χ0n) is 19.4. The highest BCUT2D eigenvalue weighted by Crippen LogP contribution is 2.43. The van der Waals surface area contributed by atoms with Crippen LogP contribution in [0.5, 0.6) is 11.5 Å². The summed E-state index contributed by atoms with van der Waals surface area (Å²) in [5.74, 6) is 1.66. The average Bonchev–Trinajstić information content (AvgIpc) is 3.21. The van der Waals surface area contributed by atoms with E-state index in [0.29, 0.717) is 30.3 Å². The van der Waals surface area contributed by atoms with Crippen molar-refractivity contribution in [2.45, 2.75) is 20.0 Å². The maximum Gasteiger partial charge on any atom is 0.231 e. The summed E-state index contributed by atoms with van der Waals surface area (Å²) in [4.78, 5) is 19.5. The highest BCUT2D eigenvalue weighted by molar-refractivity contribution is 6.15. The van der Waals surface area contributed by atoms with Crippen LogP contribution in [0.1, 0.15) is 32.6 Å². The minimum Gasteiger partial charge on any atom is -0.477 e. The summed E-state index contributed by atoms with van der Waals surface area (Å²) in [5, 5.41) is 0. The molecule has 3 heterocycles. The van der Waals surface area contributed by atoms with E-state index in [1.807, 2.05) is 61.5 Å².